The molecule has 0 aliphatic heterocycles. The standard InChI is InChI=1S/C17H32N4/c1-12(2)10-21-17(19-11-20-21)8-16-7-14(13(3)4)5-6-15(16)9-18/h11-16H,5-10,18H2,1-4H3. The Hall–Kier alpha value is -0.900. The topological polar surface area (TPSA) is 56.7 Å². The SMILES string of the molecule is CC(C)Cn1ncnc1CC1CC(C(C)C)CCC1CN. The molecule has 4 nitrogen and oxygen atoms in total. The molecule has 0 aromatic carbocycles. The van der Waals surface area contributed by atoms with Crippen molar-refractivity contribution in [1.29, 1.82) is 0 Å². The monoisotopic (exact) mass is 292 g/mol. The fourth-order valence-corrected chi connectivity index (χ4v) is 3.71. The van der Waals surface area contributed by atoms with Gasteiger partial charge in [0.1, 0.15) is 12.2 Å². The van der Waals surface area contributed by atoms with E-state index in [0.717, 1.165) is 37.2 Å². The summed E-state index contributed by atoms with van der Waals surface area (Å²) < 4.78 is 2.09. The van der Waals surface area contributed by atoms with E-state index in [2.05, 4.69) is 42.5 Å². The zero-order valence-electron chi connectivity index (χ0n) is 14.1. The van der Waals surface area contributed by atoms with Gasteiger partial charge < -0.3 is 5.73 Å². The van der Waals surface area contributed by atoms with E-state index >= 15 is 0 Å². The molecule has 0 spiro atoms. The number of aromatic nitrogens is 3. The normalized spacial score (nSPS) is 26.7. The fraction of sp³-hybridized carbons (Fsp3) is 0.882. The van der Waals surface area contributed by atoms with Crippen LogP contribution in [0.1, 0.15) is 52.8 Å². The zero-order chi connectivity index (χ0) is 15.4. The number of hydrogen-bond donors (Lipinski definition) is 1. The van der Waals surface area contributed by atoms with Crippen LogP contribution in [-0.4, -0.2) is 21.3 Å². The molecular formula is C17H32N4. The molecule has 2 rings (SSSR count). The number of nitrogens with two attached hydrogens (primary N) is 1. The van der Waals surface area contributed by atoms with Crippen molar-refractivity contribution in [3.8, 4) is 0 Å². The van der Waals surface area contributed by atoms with E-state index in [1.54, 1.807) is 6.33 Å². The minimum absolute atomic E-state index is 0.602. The average Bonchev–Trinajstić information content (AvgIpc) is 2.85. The lowest BCUT2D eigenvalue weighted by atomic mass is 9.69. The minimum atomic E-state index is 0.602. The maximum atomic E-state index is 6.02. The second kappa shape index (κ2) is 7.39. The average molecular weight is 292 g/mol. The Labute approximate surface area is 129 Å². The van der Waals surface area contributed by atoms with Gasteiger partial charge in [-0.25, -0.2) is 9.67 Å². The highest BCUT2D eigenvalue weighted by atomic mass is 15.3. The molecule has 1 aliphatic rings. The van der Waals surface area contributed by atoms with Crippen molar-refractivity contribution in [2.75, 3.05) is 6.54 Å². The molecule has 0 saturated heterocycles. The summed E-state index contributed by atoms with van der Waals surface area (Å²) in [6.45, 7) is 10.9. The van der Waals surface area contributed by atoms with E-state index in [0.29, 0.717) is 17.8 Å². The van der Waals surface area contributed by atoms with Gasteiger partial charge in [0.2, 0.25) is 0 Å². The lowest BCUT2D eigenvalue weighted by molar-refractivity contribution is 0.148. The van der Waals surface area contributed by atoms with Gasteiger partial charge in [-0.05, 0) is 55.4 Å². The van der Waals surface area contributed by atoms with Crippen LogP contribution in [0.3, 0.4) is 0 Å². The van der Waals surface area contributed by atoms with Crippen molar-refractivity contribution in [1.82, 2.24) is 14.8 Å². The molecule has 3 unspecified atom stereocenters. The first-order valence-electron chi connectivity index (χ1n) is 8.58. The van der Waals surface area contributed by atoms with Crippen molar-refractivity contribution < 1.29 is 0 Å². The molecule has 1 aromatic heterocycles. The second-order valence-corrected chi connectivity index (χ2v) is 7.53. The Kier molecular flexibility index (Phi) is 5.80. The van der Waals surface area contributed by atoms with Crippen LogP contribution in [0.15, 0.2) is 6.33 Å². The molecule has 21 heavy (non-hydrogen) atoms. The third kappa shape index (κ3) is 4.29. The van der Waals surface area contributed by atoms with Crippen LogP contribution in [0.4, 0.5) is 0 Å². The van der Waals surface area contributed by atoms with E-state index in [9.17, 15) is 0 Å². The predicted octanol–water partition coefficient (Wildman–Crippen LogP) is 3.12. The van der Waals surface area contributed by atoms with Gasteiger partial charge >= 0.3 is 0 Å². The fourth-order valence-electron chi connectivity index (χ4n) is 3.71. The highest BCUT2D eigenvalue weighted by Gasteiger charge is 2.32. The Morgan fingerprint density at radius 1 is 1.24 bits per heavy atom. The third-order valence-electron chi connectivity index (χ3n) is 5.10. The molecule has 1 fully saturated rings. The van der Waals surface area contributed by atoms with E-state index in [1.807, 2.05) is 0 Å². The molecule has 1 aromatic rings. The summed E-state index contributed by atoms with van der Waals surface area (Å²) in [7, 11) is 0. The van der Waals surface area contributed by atoms with E-state index in [4.69, 9.17) is 5.73 Å². The van der Waals surface area contributed by atoms with Gasteiger partial charge in [0.25, 0.3) is 0 Å². The van der Waals surface area contributed by atoms with Gasteiger partial charge in [0.15, 0.2) is 0 Å². The van der Waals surface area contributed by atoms with Crippen molar-refractivity contribution in [3.63, 3.8) is 0 Å². The van der Waals surface area contributed by atoms with Gasteiger partial charge in [-0.15, -0.1) is 0 Å². The van der Waals surface area contributed by atoms with Crippen LogP contribution in [0.5, 0.6) is 0 Å². The van der Waals surface area contributed by atoms with Gasteiger partial charge in [-0.1, -0.05) is 27.7 Å². The number of hydrogen-bond acceptors (Lipinski definition) is 3. The quantitative estimate of drug-likeness (QED) is 0.876. The zero-order valence-corrected chi connectivity index (χ0v) is 14.1. The van der Waals surface area contributed by atoms with Gasteiger partial charge in [0.05, 0.1) is 0 Å². The van der Waals surface area contributed by atoms with Crippen LogP contribution in [0.25, 0.3) is 0 Å². The smallest absolute Gasteiger partial charge is 0.138 e. The first-order valence-corrected chi connectivity index (χ1v) is 8.58. The molecule has 4 heteroatoms. The predicted molar refractivity (Wildman–Crippen MR) is 86.8 cm³/mol. The highest BCUT2D eigenvalue weighted by Crippen LogP contribution is 2.38. The van der Waals surface area contributed by atoms with Crippen LogP contribution in [0, 0.1) is 29.6 Å². The highest BCUT2D eigenvalue weighted by molar-refractivity contribution is 4.92. The summed E-state index contributed by atoms with van der Waals surface area (Å²) in [5, 5.41) is 4.40. The molecule has 1 saturated carbocycles. The maximum Gasteiger partial charge on any atom is 0.138 e. The van der Waals surface area contributed by atoms with Crippen molar-refractivity contribution in [2.45, 2.75) is 59.9 Å². The molecular weight excluding hydrogens is 260 g/mol. The molecule has 0 radical (unpaired) electrons. The van der Waals surface area contributed by atoms with Crippen molar-refractivity contribution in [2.24, 2.45) is 35.3 Å². The Balaban J connectivity index is 2.06. The van der Waals surface area contributed by atoms with Crippen molar-refractivity contribution >= 4 is 0 Å². The van der Waals surface area contributed by atoms with E-state index in [1.165, 1.54) is 19.3 Å². The van der Waals surface area contributed by atoms with Crippen LogP contribution >= 0.6 is 0 Å². The Morgan fingerprint density at radius 3 is 2.62 bits per heavy atom. The summed E-state index contributed by atoms with van der Waals surface area (Å²) in [6.07, 6.45) is 6.67. The molecule has 3 atom stereocenters. The first-order chi connectivity index (χ1) is 10.0. The third-order valence-corrected chi connectivity index (χ3v) is 5.10. The van der Waals surface area contributed by atoms with Gasteiger partial charge in [-0.3, -0.25) is 0 Å². The summed E-state index contributed by atoms with van der Waals surface area (Å²) in [6, 6.07) is 0. The summed E-state index contributed by atoms with van der Waals surface area (Å²) in [5.41, 5.74) is 6.02. The second-order valence-electron chi connectivity index (χ2n) is 7.53. The Morgan fingerprint density at radius 2 is 2.00 bits per heavy atom. The summed E-state index contributed by atoms with van der Waals surface area (Å²) >= 11 is 0. The molecule has 2 N–H and O–H groups in total. The molecule has 0 bridgehead atoms. The Bertz CT molecular complexity index is 424. The van der Waals surface area contributed by atoms with Crippen molar-refractivity contribution in [3.05, 3.63) is 12.2 Å². The summed E-state index contributed by atoms with van der Waals surface area (Å²) in [4.78, 5) is 4.51. The van der Waals surface area contributed by atoms with Crippen LogP contribution in [0.2, 0.25) is 0 Å². The van der Waals surface area contributed by atoms with Crippen LogP contribution < -0.4 is 5.73 Å². The molecule has 120 valence electrons. The largest absolute Gasteiger partial charge is 0.330 e. The number of rotatable bonds is 6. The first kappa shape index (κ1) is 16.5. The maximum absolute atomic E-state index is 6.02. The van der Waals surface area contributed by atoms with E-state index < -0.39 is 0 Å². The lowest BCUT2D eigenvalue weighted by Gasteiger charge is -2.37. The molecule has 1 heterocycles. The van der Waals surface area contributed by atoms with Gasteiger partial charge in [0, 0.05) is 13.0 Å². The minimum Gasteiger partial charge on any atom is -0.330 e. The lowest BCUT2D eigenvalue weighted by Crippen LogP contribution is -2.34. The molecule has 1 aliphatic carbocycles. The van der Waals surface area contributed by atoms with Gasteiger partial charge in [-0.2, -0.15) is 5.10 Å². The van der Waals surface area contributed by atoms with Crippen LogP contribution in [-0.2, 0) is 13.0 Å². The van der Waals surface area contributed by atoms with E-state index in [-0.39, 0.29) is 0 Å². The molecule has 0 amide bonds. The number of nitrogens with zero attached hydrogens (tertiary/aromatic N) is 3. The summed E-state index contributed by atoms with van der Waals surface area (Å²) in [5.74, 6) is 4.71.